The third-order valence-corrected chi connectivity index (χ3v) is 4.23. The minimum Gasteiger partial charge on any atom is -0.319 e. The SMILES string of the molecule is O=C(Nc1cccc([N+](=O)[O-])c1)c1nc(-c2ccc(F)cc2)n(-c2ccccc2)n1. The van der Waals surface area contributed by atoms with Crippen molar-refractivity contribution in [2.45, 2.75) is 0 Å². The van der Waals surface area contributed by atoms with E-state index in [1.54, 1.807) is 24.3 Å². The van der Waals surface area contributed by atoms with Crippen LogP contribution in [0.5, 0.6) is 0 Å². The summed E-state index contributed by atoms with van der Waals surface area (Å²) in [6.07, 6.45) is 0. The number of benzene rings is 3. The molecule has 4 aromatic rings. The largest absolute Gasteiger partial charge is 0.319 e. The summed E-state index contributed by atoms with van der Waals surface area (Å²) in [5.41, 5.74) is 1.33. The number of halogens is 1. The van der Waals surface area contributed by atoms with E-state index in [0.717, 1.165) is 0 Å². The van der Waals surface area contributed by atoms with Gasteiger partial charge < -0.3 is 5.32 Å². The Bertz CT molecular complexity index is 1220. The summed E-state index contributed by atoms with van der Waals surface area (Å²) in [6, 6.07) is 20.3. The maximum absolute atomic E-state index is 13.3. The van der Waals surface area contributed by atoms with Crippen molar-refractivity contribution in [3.8, 4) is 17.1 Å². The zero-order valence-electron chi connectivity index (χ0n) is 15.4. The van der Waals surface area contributed by atoms with Crippen molar-refractivity contribution >= 4 is 17.3 Å². The predicted molar refractivity (Wildman–Crippen MR) is 108 cm³/mol. The summed E-state index contributed by atoms with van der Waals surface area (Å²) in [6.45, 7) is 0. The van der Waals surface area contributed by atoms with Gasteiger partial charge in [0.05, 0.1) is 10.6 Å². The Kier molecular flexibility index (Phi) is 5.00. The molecule has 148 valence electrons. The average molecular weight is 403 g/mol. The number of hydrogen-bond donors (Lipinski definition) is 1. The van der Waals surface area contributed by atoms with Gasteiger partial charge in [0.25, 0.3) is 11.6 Å². The number of aromatic nitrogens is 3. The second-order valence-corrected chi connectivity index (χ2v) is 6.27. The maximum atomic E-state index is 13.3. The van der Waals surface area contributed by atoms with Crippen molar-refractivity contribution in [2.24, 2.45) is 0 Å². The Labute approximate surface area is 169 Å². The molecule has 0 aliphatic heterocycles. The number of nitro groups is 1. The lowest BCUT2D eigenvalue weighted by atomic mass is 10.2. The quantitative estimate of drug-likeness (QED) is 0.397. The van der Waals surface area contributed by atoms with Crippen LogP contribution in [0.15, 0.2) is 78.9 Å². The molecule has 0 saturated carbocycles. The summed E-state index contributed by atoms with van der Waals surface area (Å²) >= 11 is 0. The molecule has 0 bridgehead atoms. The second-order valence-electron chi connectivity index (χ2n) is 6.27. The molecule has 4 rings (SSSR count). The topological polar surface area (TPSA) is 103 Å². The van der Waals surface area contributed by atoms with E-state index in [4.69, 9.17) is 0 Å². The molecule has 0 spiro atoms. The van der Waals surface area contributed by atoms with Gasteiger partial charge in [0, 0.05) is 23.4 Å². The Morgan fingerprint density at radius 2 is 1.73 bits per heavy atom. The Balaban J connectivity index is 1.72. The minimum atomic E-state index is -0.631. The van der Waals surface area contributed by atoms with Crippen LogP contribution < -0.4 is 5.32 Å². The molecule has 0 atom stereocenters. The molecule has 8 nitrogen and oxygen atoms in total. The van der Waals surface area contributed by atoms with Crippen LogP contribution in [0.3, 0.4) is 0 Å². The molecule has 9 heteroatoms. The van der Waals surface area contributed by atoms with Crippen LogP contribution in [0.1, 0.15) is 10.6 Å². The fraction of sp³-hybridized carbons (Fsp3) is 0. The fourth-order valence-electron chi connectivity index (χ4n) is 2.83. The minimum absolute atomic E-state index is 0.135. The van der Waals surface area contributed by atoms with Gasteiger partial charge in [0.2, 0.25) is 5.82 Å². The molecule has 0 aliphatic rings. The van der Waals surface area contributed by atoms with Gasteiger partial charge >= 0.3 is 0 Å². The molecule has 1 amide bonds. The lowest BCUT2D eigenvalue weighted by molar-refractivity contribution is -0.384. The number of rotatable bonds is 5. The van der Waals surface area contributed by atoms with Crippen LogP contribution in [0.2, 0.25) is 0 Å². The van der Waals surface area contributed by atoms with Crippen LogP contribution >= 0.6 is 0 Å². The van der Waals surface area contributed by atoms with Crippen LogP contribution in [-0.2, 0) is 0 Å². The Morgan fingerprint density at radius 1 is 1.00 bits per heavy atom. The van der Waals surface area contributed by atoms with Crippen molar-refractivity contribution in [1.82, 2.24) is 14.8 Å². The molecule has 30 heavy (non-hydrogen) atoms. The predicted octanol–water partition coefficient (Wildman–Crippen LogP) is 4.23. The number of carbonyl (C=O) groups excluding carboxylic acids is 1. The first kappa shape index (κ1) is 18.9. The summed E-state index contributed by atoms with van der Waals surface area (Å²) in [5.74, 6) is -0.809. The van der Waals surface area contributed by atoms with Crippen molar-refractivity contribution in [3.05, 3.63) is 101 Å². The molecule has 0 aliphatic carbocycles. The Morgan fingerprint density at radius 3 is 2.43 bits per heavy atom. The fourth-order valence-corrected chi connectivity index (χ4v) is 2.83. The molecular formula is C21H14FN5O3. The highest BCUT2D eigenvalue weighted by Gasteiger charge is 2.19. The van der Waals surface area contributed by atoms with Crippen molar-refractivity contribution < 1.29 is 14.1 Å². The third-order valence-electron chi connectivity index (χ3n) is 4.23. The van der Waals surface area contributed by atoms with Crippen molar-refractivity contribution in [2.75, 3.05) is 5.32 Å². The number of amides is 1. The summed E-state index contributed by atoms with van der Waals surface area (Å²) < 4.78 is 14.8. The number of nitrogens with zero attached hydrogens (tertiary/aromatic N) is 4. The van der Waals surface area contributed by atoms with E-state index in [2.05, 4.69) is 15.4 Å². The van der Waals surface area contributed by atoms with Crippen molar-refractivity contribution in [1.29, 1.82) is 0 Å². The zero-order valence-corrected chi connectivity index (χ0v) is 15.4. The van der Waals surface area contributed by atoms with Crippen LogP contribution in [0, 0.1) is 15.9 Å². The number of anilines is 1. The van der Waals surface area contributed by atoms with Crippen LogP contribution in [-0.4, -0.2) is 25.6 Å². The first-order chi connectivity index (χ1) is 14.5. The first-order valence-corrected chi connectivity index (χ1v) is 8.85. The van der Waals surface area contributed by atoms with Gasteiger partial charge in [-0.3, -0.25) is 14.9 Å². The normalized spacial score (nSPS) is 10.6. The highest BCUT2D eigenvalue weighted by Crippen LogP contribution is 2.23. The summed E-state index contributed by atoms with van der Waals surface area (Å²) in [7, 11) is 0. The van der Waals surface area contributed by atoms with E-state index < -0.39 is 16.6 Å². The number of para-hydroxylation sites is 1. The smallest absolute Gasteiger partial charge is 0.295 e. The van der Waals surface area contributed by atoms with Gasteiger partial charge in [-0.15, -0.1) is 5.10 Å². The van der Waals surface area contributed by atoms with E-state index in [1.807, 2.05) is 18.2 Å². The monoisotopic (exact) mass is 403 g/mol. The Hall–Kier alpha value is -4.40. The number of non-ortho nitro benzene ring substituents is 1. The van der Waals surface area contributed by atoms with Gasteiger partial charge in [0.15, 0.2) is 5.82 Å². The maximum Gasteiger partial charge on any atom is 0.295 e. The molecule has 3 aromatic carbocycles. The van der Waals surface area contributed by atoms with E-state index in [9.17, 15) is 19.3 Å². The number of nitro benzene ring substituents is 1. The van der Waals surface area contributed by atoms with Gasteiger partial charge in [-0.25, -0.2) is 14.1 Å². The molecule has 1 aromatic heterocycles. The molecule has 0 saturated heterocycles. The summed E-state index contributed by atoms with van der Waals surface area (Å²) in [4.78, 5) is 27.4. The molecule has 0 unspecified atom stereocenters. The molecule has 0 fully saturated rings. The summed E-state index contributed by atoms with van der Waals surface area (Å²) in [5, 5.41) is 17.8. The average Bonchev–Trinajstić information content (AvgIpc) is 3.21. The molecule has 0 radical (unpaired) electrons. The highest BCUT2D eigenvalue weighted by atomic mass is 19.1. The van der Waals surface area contributed by atoms with Gasteiger partial charge in [-0.05, 0) is 42.5 Å². The van der Waals surface area contributed by atoms with Gasteiger partial charge in [-0.1, -0.05) is 24.3 Å². The lowest BCUT2D eigenvalue weighted by Gasteiger charge is -2.05. The van der Waals surface area contributed by atoms with Gasteiger partial charge in [-0.2, -0.15) is 0 Å². The van der Waals surface area contributed by atoms with E-state index in [1.165, 1.54) is 41.1 Å². The molecular weight excluding hydrogens is 389 g/mol. The number of nitrogens with one attached hydrogen (secondary N) is 1. The number of carbonyl (C=O) groups is 1. The van der Waals surface area contributed by atoms with E-state index in [0.29, 0.717) is 17.1 Å². The lowest BCUT2D eigenvalue weighted by Crippen LogP contribution is -2.14. The molecule has 1 heterocycles. The van der Waals surface area contributed by atoms with Gasteiger partial charge in [0.1, 0.15) is 5.82 Å². The standard InChI is InChI=1S/C21H14FN5O3/c22-15-11-9-14(10-12-15)20-24-19(25-26(20)17-6-2-1-3-7-17)21(28)23-16-5-4-8-18(13-16)27(29)30/h1-13H,(H,23,28). The number of hydrogen-bond acceptors (Lipinski definition) is 5. The van der Waals surface area contributed by atoms with E-state index in [-0.39, 0.29) is 17.2 Å². The van der Waals surface area contributed by atoms with Crippen LogP contribution in [0.4, 0.5) is 15.8 Å². The third kappa shape index (κ3) is 3.90. The molecule has 1 N–H and O–H groups in total. The van der Waals surface area contributed by atoms with E-state index >= 15 is 0 Å². The first-order valence-electron chi connectivity index (χ1n) is 8.85. The highest BCUT2D eigenvalue weighted by molar-refractivity contribution is 6.02. The zero-order chi connectivity index (χ0) is 21.1. The van der Waals surface area contributed by atoms with Crippen LogP contribution in [0.25, 0.3) is 17.1 Å². The van der Waals surface area contributed by atoms with Crippen molar-refractivity contribution in [3.63, 3.8) is 0 Å². The second kappa shape index (κ2) is 7.92.